The zero-order valence-corrected chi connectivity index (χ0v) is 12.3. The molecule has 1 heterocycles. The summed E-state index contributed by atoms with van der Waals surface area (Å²) >= 11 is 6.99. The fourth-order valence-electron chi connectivity index (χ4n) is 1.38. The first-order chi connectivity index (χ1) is 8.04. The van der Waals surface area contributed by atoms with Gasteiger partial charge in [-0.15, -0.1) is 11.3 Å². The summed E-state index contributed by atoms with van der Waals surface area (Å²) in [6.45, 7) is 5.50. The van der Waals surface area contributed by atoms with Crippen molar-refractivity contribution in [1.29, 1.82) is 0 Å². The molecule has 1 unspecified atom stereocenters. The Labute approximate surface area is 112 Å². The number of thiocarbonyl (C=S) groups is 1. The maximum Gasteiger partial charge on any atom is 0.169 e. The third-order valence-electron chi connectivity index (χ3n) is 2.36. The maximum absolute atomic E-state index is 5.33. The molecule has 0 radical (unpaired) electrons. The number of nitrogens with one attached hydrogen (secondary N) is 1. The highest BCUT2D eigenvalue weighted by Crippen LogP contribution is 2.14. The van der Waals surface area contributed by atoms with Gasteiger partial charge >= 0.3 is 0 Å². The molecule has 0 aliphatic heterocycles. The highest BCUT2D eigenvalue weighted by atomic mass is 32.1. The number of methoxy groups -OCH3 is 1. The third kappa shape index (κ3) is 4.57. The molecule has 1 atom stereocenters. The minimum Gasteiger partial charge on any atom is -0.383 e. The van der Waals surface area contributed by atoms with Gasteiger partial charge in [-0.2, -0.15) is 0 Å². The van der Waals surface area contributed by atoms with Gasteiger partial charge in [0, 0.05) is 25.1 Å². The molecule has 0 saturated heterocycles. The van der Waals surface area contributed by atoms with Crippen LogP contribution in [0.25, 0.3) is 0 Å². The van der Waals surface area contributed by atoms with Gasteiger partial charge in [-0.25, -0.2) is 4.98 Å². The predicted molar refractivity (Wildman–Crippen MR) is 75.4 cm³/mol. The Bertz CT molecular complexity index is 367. The Morgan fingerprint density at radius 1 is 1.71 bits per heavy atom. The van der Waals surface area contributed by atoms with Crippen LogP contribution in [0.1, 0.15) is 17.5 Å². The van der Waals surface area contributed by atoms with Gasteiger partial charge in [0.05, 0.1) is 24.4 Å². The van der Waals surface area contributed by atoms with Crippen LogP contribution in [0.15, 0.2) is 5.51 Å². The van der Waals surface area contributed by atoms with Gasteiger partial charge in [0.15, 0.2) is 5.11 Å². The van der Waals surface area contributed by atoms with E-state index in [2.05, 4.69) is 10.3 Å². The van der Waals surface area contributed by atoms with E-state index in [4.69, 9.17) is 17.0 Å². The Hall–Kier alpha value is -0.720. The van der Waals surface area contributed by atoms with Crippen LogP contribution in [0.4, 0.5) is 0 Å². The van der Waals surface area contributed by atoms with E-state index in [1.54, 1.807) is 18.4 Å². The number of nitrogens with zero attached hydrogens (tertiary/aromatic N) is 2. The number of ether oxygens (including phenoxy) is 1. The number of thiazole rings is 1. The summed E-state index contributed by atoms with van der Waals surface area (Å²) in [4.78, 5) is 7.49. The highest BCUT2D eigenvalue weighted by Gasteiger charge is 2.10. The summed E-state index contributed by atoms with van der Waals surface area (Å²) in [7, 11) is 3.67. The topological polar surface area (TPSA) is 37.4 Å². The van der Waals surface area contributed by atoms with Crippen molar-refractivity contribution in [3.8, 4) is 0 Å². The van der Waals surface area contributed by atoms with Gasteiger partial charge < -0.3 is 15.0 Å². The van der Waals surface area contributed by atoms with Crippen LogP contribution in [0, 0.1) is 6.92 Å². The second-order valence-corrected chi connectivity index (χ2v) is 5.35. The second-order valence-electron chi connectivity index (χ2n) is 4.02. The van der Waals surface area contributed by atoms with Crippen molar-refractivity contribution in [2.75, 3.05) is 20.8 Å². The minimum atomic E-state index is 0.220. The van der Waals surface area contributed by atoms with E-state index < -0.39 is 0 Å². The Morgan fingerprint density at radius 3 is 2.94 bits per heavy atom. The van der Waals surface area contributed by atoms with E-state index in [0.717, 1.165) is 17.4 Å². The van der Waals surface area contributed by atoms with Gasteiger partial charge in [-0.05, 0) is 26.1 Å². The first kappa shape index (κ1) is 14.3. The van der Waals surface area contributed by atoms with E-state index in [9.17, 15) is 0 Å². The van der Waals surface area contributed by atoms with Crippen LogP contribution in [-0.2, 0) is 11.3 Å². The second kappa shape index (κ2) is 6.88. The minimum absolute atomic E-state index is 0.220. The first-order valence-corrected chi connectivity index (χ1v) is 6.73. The average Bonchev–Trinajstić information content (AvgIpc) is 2.64. The number of hydrogen-bond acceptors (Lipinski definition) is 4. The fourth-order valence-corrected chi connectivity index (χ4v) is 2.47. The summed E-state index contributed by atoms with van der Waals surface area (Å²) in [6, 6.07) is 0.220. The smallest absolute Gasteiger partial charge is 0.169 e. The fraction of sp³-hybridized carbons (Fsp3) is 0.636. The molecule has 0 aromatic carbocycles. The molecule has 1 aromatic heterocycles. The summed E-state index contributed by atoms with van der Waals surface area (Å²) < 4.78 is 5.06. The predicted octanol–water partition coefficient (Wildman–Crippen LogP) is 1.79. The Morgan fingerprint density at radius 2 is 2.41 bits per heavy atom. The van der Waals surface area contributed by atoms with Crippen molar-refractivity contribution < 1.29 is 4.74 Å². The van der Waals surface area contributed by atoms with Crippen LogP contribution < -0.4 is 5.32 Å². The number of rotatable bonds is 5. The van der Waals surface area contributed by atoms with E-state index in [0.29, 0.717) is 6.61 Å². The normalized spacial score (nSPS) is 12.2. The molecular formula is C11H19N3OS2. The maximum atomic E-state index is 5.33. The Balaban J connectivity index is 2.45. The van der Waals surface area contributed by atoms with Crippen LogP contribution in [0.5, 0.6) is 0 Å². The standard InChI is InChI=1S/C11H19N3OS2/c1-8(6-15-4)13-11(16)14(3)5-10-9(2)12-7-17-10/h7-8H,5-6H2,1-4H3,(H,13,16). The summed E-state index contributed by atoms with van der Waals surface area (Å²) in [5.41, 5.74) is 2.94. The molecule has 1 aromatic rings. The SMILES string of the molecule is COCC(C)NC(=S)N(C)Cc1scnc1C. The zero-order valence-electron chi connectivity index (χ0n) is 10.7. The van der Waals surface area contributed by atoms with Crippen molar-refractivity contribution >= 4 is 28.7 Å². The van der Waals surface area contributed by atoms with E-state index in [1.807, 2.05) is 31.3 Å². The lowest BCUT2D eigenvalue weighted by Gasteiger charge is -2.23. The number of aryl methyl sites for hydroxylation is 1. The zero-order chi connectivity index (χ0) is 12.8. The molecule has 1 rings (SSSR count). The van der Waals surface area contributed by atoms with Crippen LogP contribution in [0.2, 0.25) is 0 Å². The van der Waals surface area contributed by atoms with Crippen LogP contribution >= 0.6 is 23.6 Å². The third-order valence-corrected chi connectivity index (χ3v) is 3.71. The van der Waals surface area contributed by atoms with Gasteiger partial charge in [0.25, 0.3) is 0 Å². The molecule has 0 bridgehead atoms. The summed E-state index contributed by atoms with van der Waals surface area (Å²) in [5, 5.41) is 3.97. The lowest BCUT2D eigenvalue weighted by Crippen LogP contribution is -2.43. The monoisotopic (exact) mass is 273 g/mol. The van der Waals surface area contributed by atoms with Gasteiger partial charge in [0.1, 0.15) is 0 Å². The summed E-state index contributed by atoms with van der Waals surface area (Å²) in [5.74, 6) is 0. The molecule has 0 fully saturated rings. The number of aromatic nitrogens is 1. The van der Waals surface area contributed by atoms with Gasteiger partial charge in [-0.1, -0.05) is 0 Å². The lowest BCUT2D eigenvalue weighted by molar-refractivity contribution is 0.178. The molecule has 0 aliphatic rings. The molecular weight excluding hydrogens is 254 g/mol. The van der Waals surface area contributed by atoms with E-state index in [-0.39, 0.29) is 6.04 Å². The average molecular weight is 273 g/mol. The lowest BCUT2D eigenvalue weighted by atomic mass is 10.3. The van der Waals surface area contributed by atoms with Crippen molar-refractivity contribution in [2.45, 2.75) is 26.4 Å². The molecule has 96 valence electrons. The molecule has 17 heavy (non-hydrogen) atoms. The van der Waals surface area contributed by atoms with Gasteiger partial charge in [0.2, 0.25) is 0 Å². The molecule has 0 spiro atoms. The van der Waals surface area contributed by atoms with Crippen molar-refractivity contribution in [3.05, 3.63) is 16.1 Å². The quantitative estimate of drug-likeness (QED) is 0.828. The Kier molecular flexibility index (Phi) is 5.80. The number of hydrogen-bond donors (Lipinski definition) is 1. The van der Waals surface area contributed by atoms with Crippen molar-refractivity contribution in [2.24, 2.45) is 0 Å². The largest absolute Gasteiger partial charge is 0.383 e. The summed E-state index contributed by atoms with van der Waals surface area (Å²) in [6.07, 6.45) is 0. The molecule has 0 aliphatic carbocycles. The molecule has 0 amide bonds. The van der Waals surface area contributed by atoms with Crippen LogP contribution in [-0.4, -0.2) is 41.8 Å². The van der Waals surface area contributed by atoms with Gasteiger partial charge in [-0.3, -0.25) is 0 Å². The first-order valence-electron chi connectivity index (χ1n) is 5.44. The molecule has 6 heteroatoms. The van der Waals surface area contributed by atoms with Crippen molar-refractivity contribution in [1.82, 2.24) is 15.2 Å². The van der Waals surface area contributed by atoms with Crippen LogP contribution in [0.3, 0.4) is 0 Å². The van der Waals surface area contributed by atoms with Crippen molar-refractivity contribution in [3.63, 3.8) is 0 Å². The molecule has 1 N–H and O–H groups in total. The van der Waals surface area contributed by atoms with E-state index in [1.165, 1.54) is 4.88 Å². The molecule has 4 nitrogen and oxygen atoms in total. The van der Waals surface area contributed by atoms with E-state index >= 15 is 0 Å². The highest BCUT2D eigenvalue weighted by molar-refractivity contribution is 7.80. The molecule has 0 saturated carbocycles.